The number of nitrogens with one attached hydrogen (secondary N) is 4. The summed E-state index contributed by atoms with van der Waals surface area (Å²) in [6.07, 6.45) is -10.3. The van der Waals surface area contributed by atoms with Gasteiger partial charge in [0.15, 0.2) is 24.5 Å². The summed E-state index contributed by atoms with van der Waals surface area (Å²) in [5, 5.41) is 22.0. The molecule has 0 aliphatic carbocycles. The highest BCUT2D eigenvalue weighted by atomic mass is 31.2. The molecule has 0 saturated carbocycles. The molecule has 1 aromatic carbocycles. The van der Waals surface area contributed by atoms with Crippen molar-refractivity contribution in [1.29, 1.82) is 0 Å². The second-order valence-electron chi connectivity index (χ2n) is 19.4. The summed E-state index contributed by atoms with van der Waals surface area (Å²) >= 11 is 0. The van der Waals surface area contributed by atoms with Gasteiger partial charge in [-0.05, 0) is 44.1 Å². The van der Waals surface area contributed by atoms with Crippen LogP contribution in [0.2, 0.25) is 0 Å². The largest absolute Gasteiger partial charge is 0.469 e. The van der Waals surface area contributed by atoms with Crippen molar-refractivity contribution >= 4 is 61.1 Å². The number of phosphoric ester groups is 1. The maximum absolute atomic E-state index is 15.3. The van der Waals surface area contributed by atoms with Crippen molar-refractivity contribution in [3.8, 4) is 0 Å². The van der Waals surface area contributed by atoms with E-state index in [1.165, 1.54) is 83.6 Å². The van der Waals surface area contributed by atoms with Crippen molar-refractivity contribution in [2.45, 2.75) is 162 Å². The minimum Gasteiger partial charge on any atom is -0.458 e. The minimum absolute atomic E-state index is 0.194. The maximum atomic E-state index is 15.3. The number of hydrogen-bond donors (Lipinski definition) is 7. The zero-order valence-electron chi connectivity index (χ0n) is 45.4. The third-order valence-electron chi connectivity index (χ3n) is 12.6. The van der Waals surface area contributed by atoms with Gasteiger partial charge in [-0.2, -0.15) is 0 Å². The lowest BCUT2D eigenvalue weighted by molar-refractivity contribution is -0.211. The normalized spacial score (nSPS) is 25.3. The van der Waals surface area contributed by atoms with Gasteiger partial charge < -0.3 is 69.8 Å². The minimum atomic E-state index is -5.33. The van der Waals surface area contributed by atoms with Gasteiger partial charge in [-0.1, -0.05) is 85.4 Å². The number of carbonyl (C=O) groups is 9. The van der Waals surface area contributed by atoms with E-state index in [1.807, 2.05) is 0 Å². The van der Waals surface area contributed by atoms with Crippen molar-refractivity contribution in [2.75, 3.05) is 28.3 Å². The van der Waals surface area contributed by atoms with Gasteiger partial charge in [0, 0.05) is 48.0 Å². The highest BCUT2D eigenvalue weighted by Crippen LogP contribution is 2.40. The first-order valence-electron chi connectivity index (χ1n) is 24.4. The van der Waals surface area contributed by atoms with Gasteiger partial charge in [-0.15, -0.1) is 0 Å². The number of methoxy groups -OCH3 is 1. The van der Waals surface area contributed by atoms with Crippen LogP contribution in [0.1, 0.15) is 88.1 Å². The van der Waals surface area contributed by atoms with Gasteiger partial charge in [-0.25, -0.2) is 14.2 Å². The molecule has 0 bridgehead atoms. The van der Waals surface area contributed by atoms with Gasteiger partial charge in [0.05, 0.1) is 12.2 Å². The number of aliphatic hydroxyl groups excluding tert-OH is 1. The molecule has 0 aromatic heterocycles. The van der Waals surface area contributed by atoms with Crippen LogP contribution < -0.4 is 21.3 Å². The Labute approximate surface area is 438 Å². The Bertz CT molecular complexity index is 2240. The molecule has 422 valence electrons. The van der Waals surface area contributed by atoms with Crippen molar-refractivity contribution in [3.05, 3.63) is 48.2 Å². The Morgan fingerprint density at radius 2 is 1.47 bits per heavy atom. The number of ether oxygens (including phenoxy) is 4. The van der Waals surface area contributed by atoms with Crippen LogP contribution in [0.3, 0.4) is 0 Å². The molecule has 1 aliphatic rings. The van der Waals surface area contributed by atoms with E-state index >= 15 is 4.79 Å². The van der Waals surface area contributed by atoms with Crippen molar-refractivity contribution in [2.24, 2.45) is 17.8 Å². The van der Waals surface area contributed by atoms with Crippen molar-refractivity contribution in [3.63, 3.8) is 0 Å². The average Bonchev–Trinajstić information content (AvgIpc) is 3.33. The number of benzene rings is 1. The fourth-order valence-electron chi connectivity index (χ4n) is 7.97. The van der Waals surface area contributed by atoms with E-state index in [9.17, 15) is 57.8 Å². The summed E-state index contributed by atoms with van der Waals surface area (Å²) < 4.78 is 40.8. The summed E-state index contributed by atoms with van der Waals surface area (Å²) in [6, 6.07) is -1.66. The summed E-state index contributed by atoms with van der Waals surface area (Å²) in [5.74, 6) is -11.5. The zero-order valence-corrected chi connectivity index (χ0v) is 46.3. The monoisotopic (exact) mass is 1080 g/mol. The summed E-state index contributed by atoms with van der Waals surface area (Å²) in [6.45, 7) is 19.4. The molecule has 12 atom stereocenters. The molecule has 2 rings (SSSR count). The number of hydrogen-bond acceptors (Lipinski definition) is 16. The lowest BCUT2D eigenvalue weighted by Crippen LogP contribution is -2.64. The predicted molar refractivity (Wildman–Crippen MR) is 269 cm³/mol. The van der Waals surface area contributed by atoms with Crippen molar-refractivity contribution < 1.29 is 86.1 Å². The average molecular weight is 1080 g/mol. The zero-order chi connectivity index (χ0) is 57.6. The Hall–Kier alpha value is -5.82. The first-order chi connectivity index (χ1) is 34.7. The van der Waals surface area contributed by atoms with Crippen LogP contribution in [0.15, 0.2) is 42.6 Å². The van der Waals surface area contributed by atoms with Crippen molar-refractivity contribution in [1.82, 2.24) is 36.0 Å². The molecular formula is C49H78N7O18P. The molecule has 1 heterocycles. The van der Waals surface area contributed by atoms with E-state index < -0.39 is 158 Å². The molecule has 1 aromatic rings. The quantitative estimate of drug-likeness (QED) is 0.0664. The molecular weight excluding hydrogens is 1010 g/mol. The van der Waals surface area contributed by atoms with E-state index in [0.717, 1.165) is 21.6 Å². The fraction of sp³-hybridized carbons (Fsp3) is 0.653. The Morgan fingerprint density at radius 1 is 0.880 bits per heavy atom. The van der Waals surface area contributed by atoms with Gasteiger partial charge in [0.1, 0.15) is 42.1 Å². The maximum Gasteiger partial charge on any atom is 0.469 e. The number of carbonyl (C=O) groups excluding carboxylic acids is 9. The number of likely N-dealkylation sites (N-methyl/N-ethyl adjacent to an activating group) is 3. The SMILES string of the molecule is C=C1C(=O)N[C@@H](C)C(=O)N(C)[C@@H](C)C(=O)N[C@@H]([C@H](OC(=O)[C@@H](NC(=O)CC)[C@H](OP(=O)(O)O)C(C)C)C(C)C)C(=O)N(C)[C@@H]([C@@H](C)OC)C(O)O[C@H](C(C)C)[C@H](NC(C)=O)C(=O)O[C@H](Cc2ccccc2)C(=O)N1C. The van der Waals surface area contributed by atoms with E-state index in [2.05, 4.69) is 27.8 Å². The molecule has 0 radical (unpaired) electrons. The number of aliphatic hydroxyl groups is 1. The van der Waals surface area contributed by atoms with Crippen LogP contribution in [0.4, 0.5) is 0 Å². The molecule has 1 saturated heterocycles. The van der Waals surface area contributed by atoms with Gasteiger partial charge in [-0.3, -0.25) is 38.1 Å². The van der Waals surface area contributed by atoms with Crippen LogP contribution in [0, 0.1) is 17.8 Å². The highest BCUT2D eigenvalue weighted by molar-refractivity contribution is 7.46. The molecule has 7 N–H and O–H groups in total. The molecule has 0 spiro atoms. The van der Waals surface area contributed by atoms with Gasteiger partial charge in [0.25, 0.3) is 11.8 Å². The van der Waals surface area contributed by atoms with Crippen LogP contribution in [0.5, 0.6) is 0 Å². The molecule has 25 nitrogen and oxygen atoms in total. The summed E-state index contributed by atoms with van der Waals surface area (Å²) in [5.41, 5.74) is 0.0302. The topological polar surface area (TPSA) is 335 Å². The van der Waals surface area contributed by atoms with E-state index in [4.69, 9.17) is 23.5 Å². The summed E-state index contributed by atoms with van der Waals surface area (Å²) in [7, 11) is -0.478. The highest BCUT2D eigenvalue weighted by Gasteiger charge is 2.47. The van der Waals surface area contributed by atoms with E-state index in [1.54, 1.807) is 44.2 Å². The number of nitrogens with zero attached hydrogens (tertiary/aromatic N) is 3. The van der Waals surface area contributed by atoms with E-state index in [0.29, 0.717) is 5.56 Å². The van der Waals surface area contributed by atoms with Crippen LogP contribution in [-0.2, 0) is 77.6 Å². The Kier molecular flexibility index (Phi) is 25.2. The van der Waals surface area contributed by atoms with Crippen LogP contribution in [0.25, 0.3) is 0 Å². The number of cyclic esters (lactones) is 1. The lowest BCUT2D eigenvalue weighted by atomic mass is 9.95. The van der Waals surface area contributed by atoms with Gasteiger partial charge in [0.2, 0.25) is 29.5 Å². The number of amides is 7. The van der Waals surface area contributed by atoms with E-state index in [-0.39, 0.29) is 12.8 Å². The fourth-order valence-corrected chi connectivity index (χ4v) is 8.65. The lowest BCUT2D eigenvalue weighted by Gasteiger charge is -2.41. The Morgan fingerprint density at radius 3 is 1.96 bits per heavy atom. The summed E-state index contributed by atoms with van der Waals surface area (Å²) in [4.78, 5) is 148. The number of phosphoric acid groups is 1. The third-order valence-corrected chi connectivity index (χ3v) is 13.1. The number of esters is 2. The Balaban J connectivity index is 3.01. The van der Waals surface area contributed by atoms with Crippen LogP contribution in [-0.4, -0.2) is 184 Å². The molecule has 26 heteroatoms. The second kappa shape index (κ2) is 28.9. The first-order valence-corrected chi connectivity index (χ1v) is 26.0. The number of rotatable bonds is 16. The molecule has 1 fully saturated rings. The predicted octanol–water partition coefficient (Wildman–Crippen LogP) is 0.286. The smallest absolute Gasteiger partial charge is 0.458 e. The third kappa shape index (κ3) is 18.5. The van der Waals surface area contributed by atoms with Gasteiger partial charge >= 0.3 is 19.8 Å². The molecule has 1 unspecified atom stereocenters. The first kappa shape index (κ1) is 65.3. The van der Waals surface area contributed by atoms with Crippen LogP contribution >= 0.6 is 7.82 Å². The molecule has 75 heavy (non-hydrogen) atoms. The standard InChI is InChI=1S/C49H78N7O18P/c1-17-34(58)52-37(41(26(6)7)74-75(67,68)69)48(65)72-39(24(2)3)35-46(63)56(15)38(30(11)70-16)49(66)73-40(25(4)5)36(51-31(12)57)47(64)71-33(23-32-21-19-18-20-22-32)45(62)55(14)28(9)42(59)50-27(8)44(61)54(13)29(10)43(60)53-35/h18-22,24-27,29-30,33,35-41,49,66H,9,17,23H2,1-8,10-16H3,(H,50,59)(H,51,57)(H,52,58)(H,53,60)(H2,67,68,69)/t27-,29-,30+,33+,35-,36-,37-,38-,39+,40+,41+,49?/m0/s1. The molecule has 7 amide bonds. The molecule has 1 aliphatic heterocycles. The second-order valence-corrected chi connectivity index (χ2v) is 20.6.